The van der Waals surface area contributed by atoms with Crippen LogP contribution in [-0.4, -0.2) is 39.1 Å². The average molecular weight is 303 g/mol. The van der Waals surface area contributed by atoms with Crippen molar-refractivity contribution in [1.29, 1.82) is 0 Å². The third-order valence-electron chi connectivity index (χ3n) is 4.98. The Morgan fingerprint density at radius 2 is 1.91 bits per heavy atom. The highest BCUT2D eigenvalue weighted by molar-refractivity contribution is 5.97. The normalized spacial score (nSPS) is 28.3. The van der Waals surface area contributed by atoms with Crippen molar-refractivity contribution in [1.82, 2.24) is 4.90 Å². The Morgan fingerprint density at radius 3 is 2.55 bits per heavy atom. The summed E-state index contributed by atoms with van der Waals surface area (Å²) in [6.07, 6.45) is 3.51. The van der Waals surface area contributed by atoms with Gasteiger partial charge in [0, 0.05) is 17.6 Å². The van der Waals surface area contributed by atoms with Crippen LogP contribution in [0.4, 0.5) is 0 Å². The lowest BCUT2D eigenvalue weighted by atomic mass is 9.83. The minimum absolute atomic E-state index is 0.00697. The Labute approximate surface area is 129 Å². The van der Waals surface area contributed by atoms with Gasteiger partial charge in [0.05, 0.1) is 5.92 Å². The maximum absolute atomic E-state index is 12.8. The third kappa shape index (κ3) is 2.56. The molecule has 0 radical (unpaired) electrons. The molecule has 1 amide bonds. The van der Waals surface area contributed by atoms with E-state index >= 15 is 0 Å². The van der Waals surface area contributed by atoms with E-state index < -0.39 is 5.97 Å². The number of hydrogen-bond acceptors (Lipinski definition) is 3. The summed E-state index contributed by atoms with van der Waals surface area (Å²) in [6.45, 7) is 2.02. The van der Waals surface area contributed by atoms with Crippen molar-refractivity contribution in [3.8, 4) is 5.75 Å². The fraction of sp³-hybridized carbons (Fsp3) is 0.529. The molecule has 1 atom stereocenters. The van der Waals surface area contributed by atoms with Gasteiger partial charge in [0.1, 0.15) is 5.75 Å². The number of carbonyl (C=O) groups excluding carboxylic acids is 1. The van der Waals surface area contributed by atoms with Crippen molar-refractivity contribution >= 4 is 11.9 Å². The third-order valence-corrected chi connectivity index (χ3v) is 4.98. The monoisotopic (exact) mass is 303 g/mol. The summed E-state index contributed by atoms with van der Waals surface area (Å²) in [7, 11) is 0. The van der Waals surface area contributed by atoms with Crippen LogP contribution in [0.2, 0.25) is 0 Å². The van der Waals surface area contributed by atoms with Gasteiger partial charge >= 0.3 is 5.97 Å². The predicted molar refractivity (Wildman–Crippen MR) is 80.8 cm³/mol. The summed E-state index contributed by atoms with van der Waals surface area (Å²) in [5.41, 5.74) is 1.56. The van der Waals surface area contributed by atoms with E-state index in [0.717, 1.165) is 24.8 Å². The number of carboxylic acids is 1. The summed E-state index contributed by atoms with van der Waals surface area (Å²) in [4.78, 5) is 25.8. The molecule has 1 aromatic rings. The first-order chi connectivity index (χ1) is 10.5. The molecule has 3 rings (SSSR count). The Bertz CT molecular complexity index is 605. The average Bonchev–Trinajstić information content (AvgIpc) is 2.47. The van der Waals surface area contributed by atoms with Crippen LogP contribution in [0.1, 0.15) is 48.5 Å². The van der Waals surface area contributed by atoms with Crippen LogP contribution in [0.5, 0.6) is 5.75 Å². The molecule has 1 aliphatic carbocycles. The number of carbonyl (C=O) groups is 2. The van der Waals surface area contributed by atoms with Crippen LogP contribution in [0.25, 0.3) is 0 Å². The lowest BCUT2D eigenvalue weighted by Gasteiger charge is -2.42. The van der Waals surface area contributed by atoms with Crippen LogP contribution in [0.3, 0.4) is 0 Å². The Balaban J connectivity index is 1.79. The summed E-state index contributed by atoms with van der Waals surface area (Å²) >= 11 is 0. The molecule has 2 N–H and O–H groups in total. The Kier molecular flexibility index (Phi) is 3.81. The van der Waals surface area contributed by atoms with Gasteiger partial charge in [-0.25, -0.2) is 0 Å². The number of phenolic OH excluding ortho intramolecular Hbond substituents is 1. The standard InChI is InChI=1S/C17H21NO4/c1-10-8-12-9-14(19)6-7-15(12)16(20)18(10)13-4-2-11(3-5-13)17(21)22/h6-7,9-11,13,19H,2-5,8H2,1H3,(H,21,22). The minimum atomic E-state index is -0.725. The van der Waals surface area contributed by atoms with Gasteiger partial charge in [-0.1, -0.05) is 0 Å². The molecule has 1 unspecified atom stereocenters. The summed E-state index contributed by atoms with van der Waals surface area (Å²) in [6, 6.07) is 5.11. The maximum atomic E-state index is 12.8. The van der Waals surface area contributed by atoms with Crippen LogP contribution in [0, 0.1) is 5.92 Å². The number of rotatable bonds is 2. The van der Waals surface area contributed by atoms with E-state index in [1.54, 1.807) is 18.2 Å². The number of aromatic hydroxyl groups is 1. The fourth-order valence-corrected chi connectivity index (χ4v) is 3.84. The fourth-order valence-electron chi connectivity index (χ4n) is 3.84. The first kappa shape index (κ1) is 14.9. The molecular weight excluding hydrogens is 282 g/mol. The van der Waals surface area contributed by atoms with Crippen molar-refractivity contribution < 1.29 is 19.8 Å². The van der Waals surface area contributed by atoms with E-state index in [1.165, 1.54) is 0 Å². The van der Waals surface area contributed by atoms with Crippen molar-refractivity contribution in [3.63, 3.8) is 0 Å². The van der Waals surface area contributed by atoms with Gasteiger partial charge in [0.2, 0.25) is 0 Å². The molecule has 1 aromatic carbocycles. The van der Waals surface area contributed by atoms with Gasteiger partial charge in [-0.3, -0.25) is 9.59 Å². The molecule has 1 fully saturated rings. The molecule has 118 valence electrons. The van der Waals surface area contributed by atoms with Gasteiger partial charge in [-0.05, 0) is 62.8 Å². The SMILES string of the molecule is CC1Cc2cc(O)ccc2C(=O)N1C1CCC(C(=O)O)CC1. The number of benzene rings is 1. The number of nitrogens with zero attached hydrogens (tertiary/aromatic N) is 1. The highest BCUT2D eigenvalue weighted by Gasteiger charge is 2.37. The van der Waals surface area contributed by atoms with Gasteiger partial charge < -0.3 is 15.1 Å². The van der Waals surface area contributed by atoms with Gasteiger partial charge in [-0.2, -0.15) is 0 Å². The van der Waals surface area contributed by atoms with Gasteiger partial charge in [0.15, 0.2) is 0 Å². The molecule has 5 heteroatoms. The number of fused-ring (bicyclic) bond motifs is 1. The first-order valence-electron chi connectivity index (χ1n) is 7.84. The summed E-state index contributed by atoms with van der Waals surface area (Å²) in [5, 5.41) is 18.7. The highest BCUT2D eigenvalue weighted by atomic mass is 16.4. The molecular formula is C17H21NO4. The second-order valence-electron chi connectivity index (χ2n) is 6.45. The van der Waals surface area contributed by atoms with Crippen molar-refractivity contribution in [3.05, 3.63) is 29.3 Å². The number of hydrogen-bond donors (Lipinski definition) is 2. The van der Waals surface area contributed by atoms with E-state index in [0.29, 0.717) is 18.4 Å². The molecule has 1 heterocycles. The number of aliphatic carboxylic acids is 1. The molecule has 2 aliphatic rings. The maximum Gasteiger partial charge on any atom is 0.306 e. The van der Waals surface area contributed by atoms with Crippen LogP contribution < -0.4 is 0 Å². The molecule has 0 bridgehead atoms. The quantitative estimate of drug-likeness (QED) is 0.879. The Morgan fingerprint density at radius 1 is 1.23 bits per heavy atom. The summed E-state index contributed by atoms with van der Waals surface area (Å²) in [5.74, 6) is -0.797. The largest absolute Gasteiger partial charge is 0.508 e. The van der Waals surface area contributed by atoms with E-state index in [1.807, 2.05) is 11.8 Å². The van der Waals surface area contributed by atoms with E-state index in [4.69, 9.17) is 5.11 Å². The molecule has 0 aromatic heterocycles. The van der Waals surface area contributed by atoms with Crippen LogP contribution >= 0.6 is 0 Å². The van der Waals surface area contributed by atoms with Crippen LogP contribution in [-0.2, 0) is 11.2 Å². The predicted octanol–water partition coefficient (Wildman–Crippen LogP) is 2.42. The number of amides is 1. The van der Waals surface area contributed by atoms with E-state index in [9.17, 15) is 14.7 Å². The van der Waals surface area contributed by atoms with Gasteiger partial charge in [0.25, 0.3) is 5.91 Å². The number of phenols is 1. The van der Waals surface area contributed by atoms with Crippen LogP contribution in [0.15, 0.2) is 18.2 Å². The molecule has 0 saturated heterocycles. The molecule has 0 spiro atoms. The molecule has 22 heavy (non-hydrogen) atoms. The second-order valence-corrected chi connectivity index (χ2v) is 6.45. The second kappa shape index (κ2) is 5.63. The zero-order valence-corrected chi connectivity index (χ0v) is 12.7. The topological polar surface area (TPSA) is 77.8 Å². The zero-order chi connectivity index (χ0) is 15.9. The summed E-state index contributed by atoms with van der Waals surface area (Å²) < 4.78 is 0. The van der Waals surface area contributed by atoms with E-state index in [-0.39, 0.29) is 29.7 Å². The Hall–Kier alpha value is -2.04. The van der Waals surface area contributed by atoms with Gasteiger partial charge in [-0.15, -0.1) is 0 Å². The zero-order valence-electron chi connectivity index (χ0n) is 12.7. The molecule has 1 aliphatic heterocycles. The molecule has 1 saturated carbocycles. The van der Waals surface area contributed by atoms with E-state index in [2.05, 4.69) is 0 Å². The van der Waals surface area contributed by atoms with Crippen molar-refractivity contribution in [2.75, 3.05) is 0 Å². The first-order valence-corrected chi connectivity index (χ1v) is 7.84. The molecule has 5 nitrogen and oxygen atoms in total. The minimum Gasteiger partial charge on any atom is -0.508 e. The lowest BCUT2D eigenvalue weighted by molar-refractivity contribution is -0.143. The highest BCUT2D eigenvalue weighted by Crippen LogP contribution is 2.34. The lowest BCUT2D eigenvalue weighted by Crippen LogP contribution is -2.51. The number of carboxylic acid groups (broad SMARTS) is 1. The van der Waals surface area contributed by atoms with Crippen molar-refractivity contribution in [2.45, 2.75) is 51.1 Å². The smallest absolute Gasteiger partial charge is 0.306 e. The van der Waals surface area contributed by atoms with Crippen molar-refractivity contribution in [2.24, 2.45) is 5.92 Å².